The molecule has 1 fully saturated rings. The van der Waals surface area contributed by atoms with E-state index in [0.717, 1.165) is 11.1 Å². The molecule has 6 heteroatoms. The van der Waals surface area contributed by atoms with E-state index < -0.39 is 17.2 Å². The zero-order valence-corrected chi connectivity index (χ0v) is 13.0. The molecule has 0 aromatic heterocycles. The Kier molecular flexibility index (Phi) is 3.16. The van der Waals surface area contributed by atoms with E-state index in [1.54, 1.807) is 20.8 Å². The van der Waals surface area contributed by atoms with Crippen molar-refractivity contribution in [3.05, 3.63) is 45.5 Å². The normalized spacial score (nSPS) is 26.5. The number of likely N-dealkylation sites (tertiary alicyclic amines) is 1. The van der Waals surface area contributed by atoms with Crippen LogP contribution in [0.25, 0.3) is 0 Å². The predicted octanol–water partition coefficient (Wildman–Crippen LogP) is 2.90. The summed E-state index contributed by atoms with van der Waals surface area (Å²) in [7, 11) is 0. The van der Waals surface area contributed by atoms with E-state index in [1.807, 2.05) is 24.3 Å². The van der Waals surface area contributed by atoms with Crippen LogP contribution in [0.2, 0.25) is 0 Å². The first-order chi connectivity index (χ1) is 10.2. The number of carbonyl (C=O) groups is 1. The molecule has 3 rings (SSSR count). The third-order valence-corrected chi connectivity index (χ3v) is 4.38. The van der Waals surface area contributed by atoms with Crippen LogP contribution in [0.15, 0.2) is 24.3 Å². The van der Waals surface area contributed by atoms with Crippen molar-refractivity contribution in [2.45, 2.75) is 44.2 Å². The lowest BCUT2D eigenvalue weighted by Gasteiger charge is -2.35. The molecular weight excluding hydrogens is 284 g/mol. The first kappa shape index (κ1) is 14.8. The fourth-order valence-electron chi connectivity index (χ4n) is 3.56. The molecule has 0 radical (unpaired) electrons. The van der Waals surface area contributed by atoms with Crippen LogP contribution in [0, 0.1) is 10.1 Å². The molecule has 2 aliphatic rings. The van der Waals surface area contributed by atoms with Gasteiger partial charge < -0.3 is 4.74 Å². The monoisotopic (exact) mass is 304 g/mol. The van der Waals surface area contributed by atoms with E-state index in [9.17, 15) is 14.9 Å². The average molecular weight is 304 g/mol. The summed E-state index contributed by atoms with van der Waals surface area (Å²) in [5, 5.41) is 11.8. The second-order valence-electron chi connectivity index (χ2n) is 7.14. The highest BCUT2D eigenvalue weighted by molar-refractivity contribution is 5.69. The lowest BCUT2D eigenvalue weighted by molar-refractivity contribution is -0.581. The fraction of sp³-hybridized carbons (Fsp3) is 0.562. The van der Waals surface area contributed by atoms with Gasteiger partial charge in [-0.05, 0) is 26.3 Å². The molecule has 1 aliphatic heterocycles. The molecule has 0 saturated carbocycles. The van der Waals surface area contributed by atoms with Gasteiger partial charge in [0.1, 0.15) is 5.60 Å². The smallest absolute Gasteiger partial charge is 0.410 e. The van der Waals surface area contributed by atoms with E-state index >= 15 is 0 Å². The number of carbonyl (C=O) groups excluding carboxylic acids is 1. The van der Waals surface area contributed by atoms with Crippen molar-refractivity contribution in [1.29, 1.82) is 0 Å². The molecular formula is C16H20N2O4. The Balaban J connectivity index is 1.95. The van der Waals surface area contributed by atoms with Gasteiger partial charge in [0, 0.05) is 29.4 Å². The van der Waals surface area contributed by atoms with Crippen molar-refractivity contribution in [2.24, 2.45) is 0 Å². The minimum atomic E-state index is -1.20. The molecule has 2 atom stereocenters. The molecule has 1 aliphatic carbocycles. The minimum Gasteiger partial charge on any atom is -0.444 e. The standard InChI is InChI=1S/C16H20N2O4/c1-15(2,3)22-14(19)17-9-11-8-16(10-17,18(20)21)13-7-5-4-6-12(11)13/h4-7,11H,8-10H2,1-3H3. The van der Waals surface area contributed by atoms with Gasteiger partial charge in [-0.15, -0.1) is 0 Å². The Morgan fingerprint density at radius 1 is 1.41 bits per heavy atom. The Morgan fingerprint density at radius 2 is 2.09 bits per heavy atom. The number of rotatable bonds is 1. The lowest BCUT2D eigenvalue weighted by atomic mass is 9.88. The van der Waals surface area contributed by atoms with Crippen molar-refractivity contribution in [1.82, 2.24) is 4.90 Å². The SMILES string of the molecule is CC(C)(C)OC(=O)N1CC2CC([N+](=O)[O-])(C1)c1ccccc12. The van der Waals surface area contributed by atoms with E-state index in [-0.39, 0.29) is 17.4 Å². The molecule has 118 valence electrons. The summed E-state index contributed by atoms with van der Waals surface area (Å²) in [6.45, 7) is 5.92. The van der Waals surface area contributed by atoms with E-state index in [4.69, 9.17) is 4.74 Å². The van der Waals surface area contributed by atoms with Gasteiger partial charge >= 0.3 is 6.09 Å². The van der Waals surface area contributed by atoms with Gasteiger partial charge in [-0.2, -0.15) is 0 Å². The Hall–Kier alpha value is -2.11. The fourth-order valence-corrected chi connectivity index (χ4v) is 3.56. The number of piperidine rings is 1. The minimum absolute atomic E-state index is 0.00266. The summed E-state index contributed by atoms with van der Waals surface area (Å²) in [5.41, 5.74) is -0.0696. The average Bonchev–Trinajstić information content (AvgIpc) is 2.67. The van der Waals surface area contributed by atoms with Crippen molar-refractivity contribution < 1.29 is 14.5 Å². The van der Waals surface area contributed by atoms with Gasteiger partial charge in [-0.3, -0.25) is 15.0 Å². The van der Waals surface area contributed by atoms with Gasteiger partial charge in [0.25, 0.3) is 5.54 Å². The van der Waals surface area contributed by atoms with Crippen LogP contribution in [0.4, 0.5) is 4.79 Å². The Labute approximate surface area is 129 Å². The van der Waals surface area contributed by atoms with Crippen LogP contribution in [-0.2, 0) is 10.3 Å². The summed E-state index contributed by atoms with van der Waals surface area (Å²) in [5.74, 6) is 0.00266. The van der Waals surface area contributed by atoms with Crippen LogP contribution >= 0.6 is 0 Å². The number of amides is 1. The van der Waals surface area contributed by atoms with Gasteiger partial charge in [0.15, 0.2) is 0 Å². The molecule has 6 nitrogen and oxygen atoms in total. The third kappa shape index (κ3) is 2.23. The second kappa shape index (κ2) is 4.69. The summed E-state index contributed by atoms with van der Waals surface area (Å²) >= 11 is 0. The van der Waals surface area contributed by atoms with E-state index in [1.165, 1.54) is 4.90 Å². The highest BCUT2D eigenvalue weighted by Crippen LogP contribution is 2.50. The molecule has 1 amide bonds. The number of hydrogen-bond acceptors (Lipinski definition) is 4. The molecule has 2 bridgehead atoms. The molecule has 0 N–H and O–H groups in total. The third-order valence-electron chi connectivity index (χ3n) is 4.38. The maximum atomic E-state index is 12.3. The number of benzene rings is 1. The molecule has 1 aromatic carbocycles. The number of ether oxygens (including phenoxy) is 1. The number of nitro groups is 1. The zero-order chi connectivity index (χ0) is 16.1. The van der Waals surface area contributed by atoms with Crippen LogP contribution < -0.4 is 0 Å². The summed E-state index contributed by atoms with van der Waals surface area (Å²) in [6.07, 6.45) is -0.0187. The summed E-state index contributed by atoms with van der Waals surface area (Å²) in [6, 6.07) is 7.47. The van der Waals surface area contributed by atoms with Gasteiger partial charge in [0.2, 0.25) is 0 Å². The molecule has 1 aromatic rings. The van der Waals surface area contributed by atoms with Crippen molar-refractivity contribution >= 4 is 6.09 Å². The van der Waals surface area contributed by atoms with Crippen LogP contribution in [0.5, 0.6) is 0 Å². The Bertz CT molecular complexity index is 637. The maximum Gasteiger partial charge on any atom is 0.410 e. The Morgan fingerprint density at radius 3 is 2.73 bits per heavy atom. The molecule has 0 spiro atoms. The first-order valence-electron chi connectivity index (χ1n) is 7.45. The lowest BCUT2D eigenvalue weighted by Crippen LogP contribution is -2.52. The maximum absolute atomic E-state index is 12.3. The van der Waals surface area contributed by atoms with Crippen molar-refractivity contribution in [3.8, 4) is 0 Å². The van der Waals surface area contributed by atoms with E-state index in [2.05, 4.69) is 0 Å². The number of nitrogens with zero attached hydrogens (tertiary/aromatic N) is 2. The first-order valence-corrected chi connectivity index (χ1v) is 7.45. The predicted molar refractivity (Wildman–Crippen MR) is 80.3 cm³/mol. The van der Waals surface area contributed by atoms with Crippen LogP contribution in [-0.4, -0.2) is 34.6 Å². The van der Waals surface area contributed by atoms with Crippen LogP contribution in [0.1, 0.15) is 44.2 Å². The number of fused-ring (bicyclic) bond motifs is 5. The van der Waals surface area contributed by atoms with Crippen LogP contribution in [0.3, 0.4) is 0 Å². The van der Waals surface area contributed by atoms with E-state index in [0.29, 0.717) is 13.0 Å². The van der Waals surface area contributed by atoms with Gasteiger partial charge in [-0.25, -0.2) is 4.79 Å². The summed E-state index contributed by atoms with van der Waals surface area (Å²) < 4.78 is 5.39. The quantitative estimate of drug-likeness (QED) is 0.590. The molecule has 2 unspecified atom stereocenters. The second-order valence-corrected chi connectivity index (χ2v) is 7.14. The van der Waals surface area contributed by atoms with Crippen molar-refractivity contribution in [3.63, 3.8) is 0 Å². The van der Waals surface area contributed by atoms with Gasteiger partial charge in [-0.1, -0.05) is 24.3 Å². The van der Waals surface area contributed by atoms with Gasteiger partial charge in [0.05, 0.1) is 6.54 Å². The highest BCUT2D eigenvalue weighted by Gasteiger charge is 2.59. The molecule has 22 heavy (non-hydrogen) atoms. The molecule has 1 saturated heterocycles. The number of hydrogen-bond donors (Lipinski definition) is 0. The molecule has 1 heterocycles. The highest BCUT2D eigenvalue weighted by atomic mass is 16.6. The summed E-state index contributed by atoms with van der Waals surface area (Å²) in [4.78, 5) is 25.4. The zero-order valence-electron chi connectivity index (χ0n) is 13.0. The largest absolute Gasteiger partial charge is 0.444 e. The topological polar surface area (TPSA) is 72.7 Å². The van der Waals surface area contributed by atoms with Crippen molar-refractivity contribution in [2.75, 3.05) is 13.1 Å².